The fourth-order valence-electron chi connectivity index (χ4n) is 3.76. The second-order valence-corrected chi connectivity index (χ2v) is 10.9. The Labute approximate surface area is 219 Å². The molecule has 1 rings (SSSR count). The Kier molecular flexibility index (Phi) is 11.7. The molecule has 0 spiro atoms. The van der Waals surface area contributed by atoms with E-state index in [2.05, 4.69) is 16.0 Å². The highest BCUT2D eigenvalue weighted by Gasteiger charge is 2.47. The quantitative estimate of drug-likeness (QED) is 0.359. The van der Waals surface area contributed by atoms with Crippen LogP contribution < -0.4 is 16.0 Å². The van der Waals surface area contributed by atoms with Gasteiger partial charge in [-0.15, -0.1) is 0 Å². The Morgan fingerprint density at radius 2 is 1.49 bits per heavy atom. The normalized spacial score (nSPS) is 15.2. The van der Waals surface area contributed by atoms with Crippen LogP contribution in [0.2, 0.25) is 0 Å². The Morgan fingerprint density at radius 3 is 1.95 bits per heavy atom. The molecule has 0 fully saturated rings. The third-order valence-electron chi connectivity index (χ3n) is 5.55. The van der Waals surface area contributed by atoms with Gasteiger partial charge in [0, 0.05) is 0 Å². The number of nitrogens with one attached hydrogen (secondary N) is 3. The van der Waals surface area contributed by atoms with Gasteiger partial charge in [-0.2, -0.15) is 0 Å². The Bertz CT molecular complexity index is 924. The number of alkyl halides is 1. The van der Waals surface area contributed by atoms with Crippen molar-refractivity contribution in [3.05, 3.63) is 35.9 Å². The maximum atomic E-state index is 15.5. The van der Waals surface area contributed by atoms with Gasteiger partial charge in [-0.05, 0) is 60.1 Å². The first-order valence-corrected chi connectivity index (χ1v) is 12.4. The molecule has 0 saturated carbocycles. The lowest BCUT2D eigenvalue weighted by Crippen LogP contribution is -2.61. The van der Waals surface area contributed by atoms with Gasteiger partial charge in [0.2, 0.25) is 5.91 Å². The van der Waals surface area contributed by atoms with Gasteiger partial charge in [-0.25, -0.2) is 14.0 Å². The Morgan fingerprint density at radius 1 is 0.919 bits per heavy atom. The van der Waals surface area contributed by atoms with Gasteiger partial charge >= 0.3 is 12.1 Å². The lowest BCUT2D eigenvalue weighted by atomic mass is 9.77. The molecule has 2 amide bonds. The Hall–Kier alpha value is -3.01. The maximum absolute atomic E-state index is 15.5. The molecule has 0 aromatic heterocycles. The minimum Gasteiger partial charge on any atom is -0.459 e. The number of esters is 1. The summed E-state index contributed by atoms with van der Waals surface area (Å²) in [5.74, 6) is -4.02. The van der Waals surface area contributed by atoms with Crippen molar-refractivity contribution in [1.29, 1.82) is 0 Å². The molecule has 0 heterocycles. The van der Waals surface area contributed by atoms with Gasteiger partial charge in [0.15, 0.2) is 5.78 Å². The second-order valence-electron chi connectivity index (χ2n) is 10.9. The van der Waals surface area contributed by atoms with Crippen molar-refractivity contribution in [3.8, 4) is 0 Å². The fourth-order valence-corrected chi connectivity index (χ4v) is 3.76. The van der Waals surface area contributed by atoms with Gasteiger partial charge in [0.1, 0.15) is 23.9 Å². The monoisotopic (exact) mass is 523 g/mol. The summed E-state index contributed by atoms with van der Waals surface area (Å²) >= 11 is 0. The summed E-state index contributed by atoms with van der Waals surface area (Å²) in [4.78, 5) is 51.6. The molecule has 1 aromatic rings. The molecule has 0 aliphatic heterocycles. The predicted molar refractivity (Wildman–Crippen MR) is 138 cm³/mol. The van der Waals surface area contributed by atoms with Gasteiger partial charge in [0.05, 0.1) is 18.0 Å². The van der Waals surface area contributed by atoms with Gasteiger partial charge in [-0.1, -0.05) is 44.2 Å². The number of hydrogen-bond donors (Lipinski definition) is 3. The van der Waals surface area contributed by atoms with E-state index >= 15 is 4.39 Å². The van der Waals surface area contributed by atoms with E-state index in [0.717, 1.165) is 5.56 Å². The van der Waals surface area contributed by atoms with Gasteiger partial charge in [0.25, 0.3) is 0 Å². The highest BCUT2D eigenvalue weighted by Crippen LogP contribution is 2.29. The van der Waals surface area contributed by atoms with E-state index < -0.39 is 65.0 Å². The van der Waals surface area contributed by atoms with Crippen molar-refractivity contribution >= 4 is 23.8 Å². The van der Waals surface area contributed by atoms with Crippen molar-refractivity contribution in [1.82, 2.24) is 16.0 Å². The van der Waals surface area contributed by atoms with Gasteiger partial charge in [-0.3, -0.25) is 9.59 Å². The number of likely N-dealkylation sites (N-methyl/N-ethyl adjacent to an activating group) is 1. The van der Waals surface area contributed by atoms with Crippen molar-refractivity contribution in [2.75, 3.05) is 7.05 Å². The third-order valence-corrected chi connectivity index (χ3v) is 5.55. The molecule has 0 aliphatic rings. The smallest absolute Gasteiger partial charge is 0.408 e. The first kappa shape index (κ1) is 32.0. The third kappa shape index (κ3) is 10.5. The van der Waals surface area contributed by atoms with Crippen LogP contribution in [-0.2, 0) is 30.5 Å². The number of halogens is 1. The summed E-state index contributed by atoms with van der Waals surface area (Å²) < 4.78 is 26.0. The molecule has 1 aromatic carbocycles. The van der Waals surface area contributed by atoms with Gasteiger partial charge < -0.3 is 25.4 Å². The van der Waals surface area contributed by atoms with Crippen LogP contribution in [0.3, 0.4) is 0 Å². The molecule has 37 heavy (non-hydrogen) atoms. The zero-order valence-corrected chi connectivity index (χ0v) is 23.3. The van der Waals surface area contributed by atoms with E-state index in [1.165, 1.54) is 27.8 Å². The van der Waals surface area contributed by atoms with E-state index in [4.69, 9.17) is 9.47 Å². The highest BCUT2D eigenvalue weighted by molar-refractivity contribution is 5.97. The largest absolute Gasteiger partial charge is 0.459 e. The molecule has 3 N–H and O–H groups in total. The van der Waals surface area contributed by atoms with Crippen LogP contribution in [0.25, 0.3) is 0 Å². The number of rotatable bonds is 12. The van der Waals surface area contributed by atoms with Crippen LogP contribution in [0, 0.1) is 11.8 Å². The molecule has 0 bridgehead atoms. The molecule has 10 heteroatoms. The highest BCUT2D eigenvalue weighted by atomic mass is 19.1. The van der Waals surface area contributed by atoms with E-state index in [-0.39, 0.29) is 6.61 Å². The lowest BCUT2D eigenvalue weighted by Gasteiger charge is -2.36. The first-order chi connectivity index (χ1) is 17.0. The molecule has 0 unspecified atom stereocenters. The average Bonchev–Trinajstić information content (AvgIpc) is 2.77. The fraction of sp³-hybridized carbons (Fsp3) is 0.630. The predicted octanol–water partition coefficient (Wildman–Crippen LogP) is 3.31. The number of carbonyl (C=O) groups excluding carboxylic acids is 4. The summed E-state index contributed by atoms with van der Waals surface area (Å²) in [6.45, 7) is 12.3. The van der Waals surface area contributed by atoms with Crippen LogP contribution in [0.5, 0.6) is 0 Å². The summed E-state index contributed by atoms with van der Waals surface area (Å²) in [6, 6.07) is 5.54. The number of amides is 2. The number of benzene rings is 1. The van der Waals surface area contributed by atoms with Crippen molar-refractivity contribution in [3.63, 3.8) is 0 Å². The molecular formula is C27H42FN3O6. The number of carbonyl (C=O) groups is 4. The second kappa shape index (κ2) is 13.5. The molecular weight excluding hydrogens is 481 g/mol. The van der Waals surface area contributed by atoms with E-state index in [9.17, 15) is 19.2 Å². The zero-order chi connectivity index (χ0) is 28.6. The summed E-state index contributed by atoms with van der Waals surface area (Å²) in [7, 11) is 1.42. The van der Waals surface area contributed by atoms with Crippen molar-refractivity contribution in [2.45, 2.75) is 91.4 Å². The molecule has 0 saturated heterocycles. The van der Waals surface area contributed by atoms with Crippen molar-refractivity contribution < 1.29 is 33.0 Å². The number of ketones is 1. The van der Waals surface area contributed by atoms with Crippen molar-refractivity contribution in [2.24, 2.45) is 11.8 Å². The number of hydrogen-bond acceptors (Lipinski definition) is 7. The minimum atomic E-state index is -2.15. The number of alkyl carbamates (subject to hydrolysis) is 1. The Balaban J connectivity index is 3.05. The van der Waals surface area contributed by atoms with Crippen LogP contribution in [0.4, 0.5) is 9.18 Å². The maximum Gasteiger partial charge on any atom is 0.408 e. The van der Waals surface area contributed by atoms with E-state index in [1.807, 2.05) is 18.2 Å². The standard InChI is InChI=1S/C27H42FN3O6/c1-16(2)20(31-25(35)37-26(4,5)6)22(32)19(27(7,8)28)21(29-9)23(33)30-17(3)24(34)36-15-18-13-11-10-12-14-18/h10-14,16-17,19-21,29H,15H2,1-9H3,(H,30,33)(H,31,35)/t17-,19+,20-,21-/m0/s1. The number of Topliss-reactive ketones (excluding diaryl/α,β-unsaturated/α-hetero) is 1. The molecule has 0 radical (unpaired) electrons. The molecule has 9 nitrogen and oxygen atoms in total. The van der Waals surface area contributed by atoms with Crippen LogP contribution in [0.15, 0.2) is 30.3 Å². The molecule has 4 atom stereocenters. The minimum absolute atomic E-state index is 0.0281. The molecule has 208 valence electrons. The summed E-state index contributed by atoms with van der Waals surface area (Å²) in [6.07, 6.45) is -0.824. The topological polar surface area (TPSA) is 123 Å². The summed E-state index contributed by atoms with van der Waals surface area (Å²) in [5, 5.41) is 7.74. The lowest BCUT2D eigenvalue weighted by molar-refractivity contribution is -0.149. The van der Waals surface area contributed by atoms with Crippen LogP contribution >= 0.6 is 0 Å². The van der Waals surface area contributed by atoms with E-state index in [1.54, 1.807) is 46.8 Å². The molecule has 0 aliphatic carbocycles. The zero-order valence-electron chi connectivity index (χ0n) is 23.3. The van der Waals surface area contributed by atoms with E-state index in [0.29, 0.717) is 0 Å². The first-order valence-electron chi connectivity index (χ1n) is 12.4. The number of ether oxygens (including phenoxy) is 2. The van der Waals surface area contributed by atoms with Crippen LogP contribution in [0.1, 0.15) is 61.0 Å². The summed E-state index contributed by atoms with van der Waals surface area (Å²) in [5.41, 5.74) is -2.17. The SMILES string of the molecule is CN[C@H](C(=O)N[C@@H](C)C(=O)OCc1ccccc1)[C@H](C(=O)[C@@H](NC(=O)OC(C)(C)C)C(C)C)C(C)(C)F. The average molecular weight is 524 g/mol. The van der Waals surface area contributed by atoms with Crippen LogP contribution in [-0.4, -0.2) is 60.2 Å².